The maximum atomic E-state index is 3.48. The summed E-state index contributed by atoms with van der Waals surface area (Å²) in [7, 11) is 2.27. The third-order valence-electron chi connectivity index (χ3n) is 3.59. The molecule has 2 heteroatoms. The van der Waals surface area contributed by atoms with Crippen molar-refractivity contribution in [2.75, 3.05) is 26.7 Å². The van der Waals surface area contributed by atoms with Gasteiger partial charge in [-0.15, -0.1) is 0 Å². The van der Waals surface area contributed by atoms with Crippen LogP contribution in [0, 0.1) is 5.92 Å². The molecule has 19 heavy (non-hydrogen) atoms. The normalized spacial score (nSPS) is 12.0. The van der Waals surface area contributed by atoms with Gasteiger partial charge in [0.1, 0.15) is 0 Å². The fourth-order valence-corrected chi connectivity index (χ4v) is 2.30. The summed E-state index contributed by atoms with van der Waals surface area (Å²) in [6.45, 7) is 12.8. The molecule has 0 bridgehead atoms. The molecule has 0 radical (unpaired) electrons. The van der Waals surface area contributed by atoms with Crippen LogP contribution in [0.4, 0.5) is 0 Å². The van der Waals surface area contributed by atoms with Gasteiger partial charge in [-0.3, -0.25) is 0 Å². The van der Waals surface area contributed by atoms with Gasteiger partial charge >= 0.3 is 0 Å². The van der Waals surface area contributed by atoms with Gasteiger partial charge in [0.25, 0.3) is 0 Å². The van der Waals surface area contributed by atoms with Gasteiger partial charge in [-0.05, 0) is 51.9 Å². The van der Waals surface area contributed by atoms with Crippen molar-refractivity contribution in [3.8, 4) is 0 Å². The number of rotatable bonds is 13. The zero-order valence-electron chi connectivity index (χ0n) is 14.2. The van der Waals surface area contributed by atoms with Gasteiger partial charge in [-0.1, -0.05) is 53.4 Å². The Morgan fingerprint density at radius 1 is 0.789 bits per heavy atom. The van der Waals surface area contributed by atoms with Crippen LogP contribution in [-0.4, -0.2) is 37.6 Å². The highest BCUT2D eigenvalue weighted by Crippen LogP contribution is 2.08. The van der Waals surface area contributed by atoms with Crippen LogP contribution in [0.2, 0.25) is 0 Å². The van der Waals surface area contributed by atoms with E-state index in [1.165, 1.54) is 64.6 Å². The second kappa shape index (κ2) is 12.9. The summed E-state index contributed by atoms with van der Waals surface area (Å²) in [5.74, 6) is 0.872. The Morgan fingerprint density at radius 2 is 1.37 bits per heavy atom. The lowest BCUT2D eigenvalue weighted by atomic mass is 10.1. The number of hydrogen-bond donors (Lipinski definition) is 1. The summed E-state index contributed by atoms with van der Waals surface area (Å²) in [5, 5.41) is 3.48. The Bertz CT molecular complexity index is 178. The zero-order valence-corrected chi connectivity index (χ0v) is 14.2. The van der Waals surface area contributed by atoms with Crippen LogP contribution in [0.5, 0.6) is 0 Å². The van der Waals surface area contributed by atoms with E-state index in [4.69, 9.17) is 0 Å². The van der Waals surface area contributed by atoms with Crippen LogP contribution in [-0.2, 0) is 0 Å². The molecule has 0 atom stereocenters. The average molecular weight is 271 g/mol. The Balaban J connectivity index is 3.19. The quantitative estimate of drug-likeness (QED) is 0.502. The lowest BCUT2D eigenvalue weighted by molar-refractivity contribution is 0.313. The minimum atomic E-state index is 0.633. The maximum absolute atomic E-state index is 3.48. The second-order valence-corrected chi connectivity index (χ2v) is 6.72. The fourth-order valence-electron chi connectivity index (χ4n) is 2.30. The first-order valence-corrected chi connectivity index (χ1v) is 8.44. The molecule has 0 saturated carbocycles. The third kappa shape index (κ3) is 15.9. The number of hydrogen-bond acceptors (Lipinski definition) is 2. The summed E-state index contributed by atoms with van der Waals surface area (Å²) in [6, 6.07) is 0.633. The van der Waals surface area contributed by atoms with Gasteiger partial charge < -0.3 is 10.2 Å². The Kier molecular flexibility index (Phi) is 12.9. The third-order valence-corrected chi connectivity index (χ3v) is 3.59. The van der Waals surface area contributed by atoms with Gasteiger partial charge in [-0.25, -0.2) is 0 Å². The second-order valence-electron chi connectivity index (χ2n) is 6.72. The Morgan fingerprint density at radius 3 is 1.89 bits per heavy atom. The Labute approximate surface area is 122 Å². The highest BCUT2D eigenvalue weighted by molar-refractivity contribution is 4.56. The SMILES string of the molecule is CC(C)CCCCCN(C)CCCCCNC(C)C. The van der Waals surface area contributed by atoms with Crippen molar-refractivity contribution >= 4 is 0 Å². The molecule has 0 saturated heterocycles. The molecule has 0 aliphatic heterocycles. The van der Waals surface area contributed by atoms with Crippen LogP contribution in [0.15, 0.2) is 0 Å². The number of unbranched alkanes of at least 4 members (excludes halogenated alkanes) is 4. The van der Waals surface area contributed by atoms with Crippen molar-refractivity contribution in [3.63, 3.8) is 0 Å². The molecule has 0 spiro atoms. The maximum Gasteiger partial charge on any atom is 0.00103 e. The Hall–Kier alpha value is -0.0800. The lowest BCUT2D eigenvalue weighted by Crippen LogP contribution is -2.24. The molecule has 0 rings (SSSR count). The highest BCUT2D eigenvalue weighted by Gasteiger charge is 1.99. The van der Waals surface area contributed by atoms with Crippen molar-refractivity contribution in [3.05, 3.63) is 0 Å². The minimum absolute atomic E-state index is 0.633. The predicted molar refractivity (Wildman–Crippen MR) is 87.8 cm³/mol. The lowest BCUT2D eigenvalue weighted by Gasteiger charge is -2.16. The molecular formula is C17H38N2. The molecule has 0 heterocycles. The molecular weight excluding hydrogens is 232 g/mol. The average Bonchev–Trinajstić information content (AvgIpc) is 2.32. The molecule has 1 N–H and O–H groups in total. The summed E-state index contributed by atoms with van der Waals surface area (Å²) in [5.41, 5.74) is 0. The number of nitrogens with one attached hydrogen (secondary N) is 1. The smallest absolute Gasteiger partial charge is 0.00103 e. The molecule has 0 amide bonds. The standard InChI is InChI=1S/C17H38N2/c1-16(2)12-8-6-10-14-19(5)15-11-7-9-13-18-17(3)4/h16-18H,6-15H2,1-5H3. The first-order chi connectivity index (χ1) is 9.02. The first kappa shape index (κ1) is 18.9. The first-order valence-electron chi connectivity index (χ1n) is 8.44. The molecule has 0 unspecified atom stereocenters. The van der Waals surface area contributed by atoms with Crippen LogP contribution in [0.1, 0.15) is 72.6 Å². The van der Waals surface area contributed by atoms with Crippen LogP contribution >= 0.6 is 0 Å². The summed E-state index contributed by atoms with van der Waals surface area (Å²) in [4.78, 5) is 2.51. The van der Waals surface area contributed by atoms with Gasteiger partial charge in [-0.2, -0.15) is 0 Å². The molecule has 2 nitrogen and oxygen atoms in total. The molecule has 116 valence electrons. The van der Waals surface area contributed by atoms with Gasteiger partial charge in [0.2, 0.25) is 0 Å². The zero-order chi connectivity index (χ0) is 14.5. The van der Waals surface area contributed by atoms with Crippen molar-refractivity contribution in [1.82, 2.24) is 10.2 Å². The summed E-state index contributed by atoms with van der Waals surface area (Å²) in [6.07, 6.45) is 9.61. The molecule has 0 aliphatic rings. The van der Waals surface area contributed by atoms with Gasteiger partial charge in [0, 0.05) is 6.04 Å². The van der Waals surface area contributed by atoms with Crippen molar-refractivity contribution < 1.29 is 0 Å². The largest absolute Gasteiger partial charge is 0.315 e. The van der Waals surface area contributed by atoms with Gasteiger partial charge in [0.15, 0.2) is 0 Å². The fraction of sp³-hybridized carbons (Fsp3) is 1.00. The van der Waals surface area contributed by atoms with E-state index in [9.17, 15) is 0 Å². The van der Waals surface area contributed by atoms with E-state index in [1.54, 1.807) is 0 Å². The summed E-state index contributed by atoms with van der Waals surface area (Å²) < 4.78 is 0. The van der Waals surface area contributed by atoms with Crippen molar-refractivity contribution in [2.45, 2.75) is 78.7 Å². The topological polar surface area (TPSA) is 15.3 Å². The van der Waals surface area contributed by atoms with E-state index in [1.807, 2.05) is 0 Å². The monoisotopic (exact) mass is 270 g/mol. The van der Waals surface area contributed by atoms with E-state index in [2.05, 4.69) is 45.0 Å². The van der Waals surface area contributed by atoms with Crippen molar-refractivity contribution in [1.29, 1.82) is 0 Å². The molecule has 0 aromatic rings. The minimum Gasteiger partial charge on any atom is -0.315 e. The molecule has 0 fully saturated rings. The summed E-state index contributed by atoms with van der Waals surface area (Å²) >= 11 is 0. The van der Waals surface area contributed by atoms with Crippen LogP contribution in [0.3, 0.4) is 0 Å². The highest BCUT2D eigenvalue weighted by atomic mass is 15.1. The van der Waals surface area contributed by atoms with Crippen LogP contribution in [0.25, 0.3) is 0 Å². The molecule has 0 aromatic carbocycles. The van der Waals surface area contributed by atoms with Crippen molar-refractivity contribution in [2.24, 2.45) is 5.92 Å². The van der Waals surface area contributed by atoms with E-state index in [0.29, 0.717) is 6.04 Å². The van der Waals surface area contributed by atoms with E-state index in [-0.39, 0.29) is 0 Å². The van der Waals surface area contributed by atoms with E-state index in [0.717, 1.165) is 5.92 Å². The number of nitrogens with zero attached hydrogens (tertiary/aromatic N) is 1. The van der Waals surface area contributed by atoms with E-state index >= 15 is 0 Å². The van der Waals surface area contributed by atoms with Gasteiger partial charge in [0.05, 0.1) is 0 Å². The van der Waals surface area contributed by atoms with E-state index < -0.39 is 0 Å². The molecule has 0 aliphatic carbocycles. The predicted octanol–water partition coefficient (Wildman–Crippen LogP) is 4.30. The van der Waals surface area contributed by atoms with Crippen LogP contribution < -0.4 is 5.32 Å². The molecule has 0 aromatic heterocycles.